The molecule has 2 heterocycles. The van der Waals surface area contributed by atoms with Crippen LogP contribution in [0.1, 0.15) is 29.9 Å². The highest BCUT2D eigenvalue weighted by Gasteiger charge is 2.38. The van der Waals surface area contributed by atoms with Crippen LogP contribution in [-0.4, -0.2) is 48.3 Å². The Balaban J connectivity index is 2.13. The average Bonchev–Trinajstić information content (AvgIpc) is 2.99. The van der Waals surface area contributed by atoms with E-state index in [-0.39, 0.29) is 12.5 Å². The predicted molar refractivity (Wildman–Crippen MR) is 75.3 cm³/mol. The van der Waals surface area contributed by atoms with Crippen LogP contribution < -0.4 is 5.14 Å². The number of aromatic nitrogens is 1. The molecule has 1 aromatic heterocycles. The quantitative estimate of drug-likeness (QED) is 0.835. The van der Waals surface area contributed by atoms with E-state index in [1.807, 2.05) is 0 Å². The number of nitrogens with zero attached hydrogens (tertiary/aromatic N) is 3. The summed E-state index contributed by atoms with van der Waals surface area (Å²) in [6.07, 6.45) is 1.12. The number of hydrogen-bond acceptors (Lipinski definition) is 5. The Morgan fingerprint density at radius 2 is 2.19 bits per heavy atom. The predicted octanol–water partition coefficient (Wildman–Crippen LogP) is -0.0823. The molecule has 8 nitrogen and oxygen atoms in total. The highest BCUT2D eigenvalue weighted by Crippen LogP contribution is 2.22. The smallest absolute Gasteiger partial charge is 0.277 e. The molecule has 1 saturated heterocycles. The van der Waals surface area contributed by atoms with Crippen LogP contribution in [0.4, 0.5) is 0 Å². The number of rotatable bonds is 4. The molecule has 2 rings (SSSR count). The van der Waals surface area contributed by atoms with Crippen molar-refractivity contribution in [1.29, 1.82) is 0 Å². The Hall–Kier alpha value is -1.45. The fraction of sp³-hybridized carbons (Fsp3) is 0.667. The van der Waals surface area contributed by atoms with Crippen LogP contribution in [0, 0.1) is 13.8 Å². The summed E-state index contributed by atoms with van der Waals surface area (Å²) >= 11 is 0. The van der Waals surface area contributed by atoms with Gasteiger partial charge in [0.25, 0.3) is 10.2 Å². The summed E-state index contributed by atoms with van der Waals surface area (Å²) < 4.78 is 29.1. The number of amides is 1. The molecule has 0 unspecified atom stereocenters. The fourth-order valence-electron chi connectivity index (χ4n) is 2.59. The van der Waals surface area contributed by atoms with Crippen molar-refractivity contribution in [3.05, 3.63) is 17.0 Å². The van der Waals surface area contributed by atoms with Gasteiger partial charge in [-0.15, -0.1) is 0 Å². The molecular formula is C12H20N4O4S. The van der Waals surface area contributed by atoms with Gasteiger partial charge in [-0.2, -0.15) is 12.7 Å². The number of hydrogen-bond donors (Lipinski definition) is 1. The number of carbonyl (C=O) groups is 1. The van der Waals surface area contributed by atoms with Gasteiger partial charge in [-0.3, -0.25) is 4.79 Å². The van der Waals surface area contributed by atoms with Crippen LogP contribution in [0.5, 0.6) is 0 Å². The van der Waals surface area contributed by atoms with Gasteiger partial charge in [0, 0.05) is 19.2 Å². The van der Waals surface area contributed by atoms with Crippen LogP contribution in [-0.2, 0) is 21.5 Å². The van der Waals surface area contributed by atoms with E-state index in [1.54, 1.807) is 20.9 Å². The zero-order valence-electron chi connectivity index (χ0n) is 12.4. The summed E-state index contributed by atoms with van der Waals surface area (Å²) in [6.45, 7) is 4.19. The minimum absolute atomic E-state index is 0.262. The van der Waals surface area contributed by atoms with Crippen molar-refractivity contribution in [1.82, 2.24) is 14.4 Å². The Bertz CT molecular complexity index is 620. The molecule has 0 radical (unpaired) electrons. The van der Waals surface area contributed by atoms with Gasteiger partial charge in [0.15, 0.2) is 0 Å². The van der Waals surface area contributed by atoms with Crippen molar-refractivity contribution < 1.29 is 17.7 Å². The minimum Gasteiger partial charge on any atom is -0.361 e. The Labute approximate surface area is 124 Å². The fourth-order valence-corrected chi connectivity index (χ4v) is 3.52. The molecule has 0 saturated carbocycles. The molecule has 1 amide bonds. The van der Waals surface area contributed by atoms with Crippen molar-refractivity contribution in [2.24, 2.45) is 5.14 Å². The summed E-state index contributed by atoms with van der Waals surface area (Å²) in [5.74, 6) is 0.392. The van der Waals surface area contributed by atoms with Gasteiger partial charge in [0.1, 0.15) is 11.8 Å². The second-order valence-electron chi connectivity index (χ2n) is 5.31. The van der Waals surface area contributed by atoms with E-state index in [0.717, 1.165) is 15.6 Å². The average molecular weight is 316 g/mol. The lowest BCUT2D eigenvalue weighted by Crippen LogP contribution is -2.48. The molecule has 2 N–H and O–H groups in total. The Morgan fingerprint density at radius 1 is 1.52 bits per heavy atom. The van der Waals surface area contributed by atoms with E-state index in [0.29, 0.717) is 25.1 Å². The zero-order valence-corrected chi connectivity index (χ0v) is 13.2. The van der Waals surface area contributed by atoms with Gasteiger partial charge in [-0.1, -0.05) is 5.16 Å². The van der Waals surface area contributed by atoms with Crippen LogP contribution in [0.3, 0.4) is 0 Å². The summed E-state index contributed by atoms with van der Waals surface area (Å²) in [5.41, 5.74) is 1.56. The highest BCUT2D eigenvalue weighted by atomic mass is 32.2. The summed E-state index contributed by atoms with van der Waals surface area (Å²) in [4.78, 5) is 14.0. The molecule has 1 aliphatic rings. The molecule has 9 heteroatoms. The largest absolute Gasteiger partial charge is 0.361 e. The summed E-state index contributed by atoms with van der Waals surface area (Å²) in [5, 5.41) is 9.00. The third-order valence-corrected chi connectivity index (χ3v) is 4.86. The molecule has 0 aliphatic carbocycles. The molecular weight excluding hydrogens is 296 g/mol. The van der Waals surface area contributed by atoms with Gasteiger partial charge >= 0.3 is 0 Å². The number of nitrogens with two attached hydrogens (primary N) is 1. The third-order valence-electron chi connectivity index (χ3n) is 3.77. The van der Waals surface area contributed by atoms with Gasteiger partial charge in [0.2, 0.25) is 5.91 Å². The number of likely N-dealkylation sites (N-methyl/N-ethyl adjacent to an activating group) is 1. The minimum atomic E-state index is -3.85. The Morgan fingerprint density at radius 3 is 2.71 bits per heavy atom. The van der Waals surface area contributed by atoms with E-state index in [2.05, 4.69) is 5.16 Å². The normalized spacial score (nSPS) is 19.9. The van der Waals surface area contributed by atoms with E-state index in [1.165, 1.54) is 4.90 Å². The highest BCUT2D eigenvalue weighted by molar-refractivity contribution is 7.86. The van der Waals surface area contributed by atoms with E-state index < -0.39 is 16.3 Å². The van der Waals surface area contributed by atoms with Crippen LogP contribution >= 0.6 is 0 Å². The van der Waals surface area contributed by atoms with Crippen LogP contribution in [0.15, 0.2) is 4.52 Å². The van der Waals surface area contributed by atoms with Gasteiger partial charge < -0.3 is 9.42 Å². The first-order chi connectivity index (χ1) is 9.71. The van der Waals surface area contributed by atoms with E-state index in [9.17, 15) is 13.2 Å². The molecule has 0 bridgehead atoms. The zero-order chi connectivity index (χ0) is 15.8. The maximum atomic E-state index is 12.5. The topological polar surface area (TPSA) is 110 Å². The van der Waals surface area contributed by atoms with Gasteiger partial charge in [-0.05, 0) is 26.7 Å². The maximum absolute atomic E-state index is 12.5. The lowest BCUT2D eigenvalue weighted by atomic mass is 10.1. The SMILES string of the molecule is Cc1noc(C)c1CN(C)C(=O)[C@H]1CCCN1S(N)(=O)=O. The first kappa shape index (κ1) is 15.9. The number of aryl methyl sites for hydroxylation is 2. The third kappa shape index (κ3) is 3.25. The summed E-state index contributed by atoms with van der Waals surface area (Å²) in [7, 11) is -2.22. The van der Waals surface area contributed by atoms with Crippen molar-refractivity contribution in [2.45, 2.75) is 39.3 Å². The first-order valence-electron chi connectivity index (χ1n) is 6.68. The number of carbonyl (C=O) groups excluding carboxylic acids is 1. The molecule has 1 aliphatic heterocycles. The maximum Gasteiger partial charge on any atom is 0.277 e. The lowest BCUT2D eigenvalue weighted by Gasteiger charge is -2.26. The van der Waals surface area contributed by atoms with Gasteiger partial charge in [0.05, 0.1) is 12.2 Å². The molecule has 118 valence electrons. The van der Waals surface area contributed by atoms with E-state index >= 15 is 0 Å². The van der Waals surface area contributed by atoms with Gasteiger partial charge in [-0.25, -0.2) is 5.14 Å². The van der Waals surface area contributed by atoms with Crippen LogP contribution in [0.2, 0.25) is 0 Å². The summed E-state index contributed by atoms with van der Waals surface area (Å²) in [6, 6.07) is -0.717. The van der Waals surface area contributed by atoms with E-state index in [4.69, 9.17) is 9.66 Å². The van der Waals surface area contributed by atoms with Crippen LogP contribution in [0.25, 0.3) is 0 Å². The first-order valence-corrected chi connectivity index (χ1v) is 8.18. The van der Waals surface area contributed by atoms with Crippen molar-refractivity contribution >= 4 is 16.1 Å². The standard InChI is InChI=1S/C12H20N4O4S/c1-8-10(9(2)20-14-8)7-15(3)12(17)11-5-4-6-16(11)21(13,18)19/h11H,4-7H2,1-3H3,(H2,13,18,19)/t11-/m1/s1. The monoisotopic (exact) mass is 316 g/mol. The molecule has 0 spiro atoms. The lowest BCUT2D eigenvalue weighted by molar-refractivity contribution is -0.133. The molecule has 0 aromatic carbocycles. The molecule has 1 atom stereocenters. The second kappa shape index (κ2) is 5.74. The second-order valence-corrected chi connectivity index (χ2v) is 6.81. The van der Waals surface area contributed by atoms with Crippen molar-refractivity contribution in [2.75, 3.05) is 13.6 Å². The molecule has 1 fully saturated rings. The Kier molecular flexibility index (Phi) is 4.35. The molecule has 1 aromatic rings. The molecule has 21 heavy (non-hydrogen) atoms. The van der Waals surface area contributed by atoms with Crippen molar-refractivity contribution in [3.63, 3.8) is 0 Å². The van der Waals surface area contributed by atoms with Crippen molar-refractivity contribution in [3.8, 4) is 0 Å².